The van der Waals surface area contributed by atoms with Gasteiger partial charge in [0.15, 0.2) is 0 Å². The number of pyridine rings is 1. The normalized spacial score (nSPS) is 11.0. The molecule has 0 unspecified atom stereocenters. The summed E-state index contributed by atoms with van der Waals surface area (Å²) in [4.78, 5) is 15.2. The second kappa shape index (κ2) is 5.14. The molecule has 3 rings (SSSR count). The van der Waals surface area contributed by atoms with Gasteiger partial charge >= 0.3 is 5.97 Å². The molecule has 0 spiro atoms. The monoisotopic (exact) mass is 302 g/mol. The molecule has 0 radical (unpaired) electrons. The maximum Gasteiger partial charge on any atom is 0.309 e. The summed E-state index contributed by atoms with van der Waals surface area (Å²) in [7, 11) is 0. The van der Waals surface area contributed by atoms with Gasteiger partial charge in [-0.1, -0.05) is 16.8 Å². The zero-order valence-corrected chi connectivity index (χ0v) is 11.9. The molecule has 7 heteroatoms. The molecule has 3 aromatic rings. The van der Waals surface area contributed by atoms with Crippen LogP contribution in [0.3, 0.4) is 0 Å². The van der Waals surface area contributed by atoms with Crippen molar-refractivity contribution in [1.82, 2.24) is 20.0 Å². The molecule has 1 N–H and O–H groups in total. The summed E-state index contributed by atoms with van der Waals surface area (Å²) in [6.07, 6.45) is 1.51. The minimum atomic E-state index is -0.941. The van der Waals surface area contributed by atoms with Gasteiger partial charge in [0.1, 0.15) is 0 Å². The predicted octanol–water partition coefficient (Wildman–Crippen LogP) is 2.40. The fourth-order valence-corrected chi connectivity index (χ4v) is 2.41. The number of hydrogen-bond acceptors (Lipinski definition) is 4. The van der Waals surface area contributed by atoms with Crippen LogP contribution in [0.5, 0.6) is 0 Å². The molecule has 0 aliphatic rings. The van der Waals surface area contributed by atoms with Crippen LogP contribution in [0, 0.1) is 6.92 Å². The highest BCUT2D eigenvalue weighted by Crippen LogP contribution is 2.27. The number of nitrogens with zero attached hydrogens (tertiary/aromatic N) is 4. The summed E-state index contributed by atoms with van der Waals surface area (Å²) < 4.78 is 1.59. The maximum atomic E-state index is 10.8. The molecule has 0 atom stereocenters. The van der Waals surface area contributed by atoms with Crippen LogP contribution < -0.4 is 0 Å². The zero-order chi connectivity index (χ0) is 15.0. The van der Waals surface area contributed by atoms with E-state index in [2.05, 4.69) is 15.3 Å². The van der Waals surface area contributed by atoms with Gasteiger partial charge in [-0.15, -0.1) is 5.10 Å². The second-order valence-electron chi connectivity index (χ2n) is 4.57. The number of fused-ring (bicyclic) bond motifs is 1. The number of aromatic nitrogens is 4. The van der Waals surface area contributed by atoms with Crippen molar-refractivity contribution in [3.8, 4) is 5.69 Å². The summed E-state index contributed by atoms with van der Waals surface area (Å²) >= 11 is 6.17. The van der Waals surface area contributed by atoms with Crippen molar-refractivity contribution in [3.63, 3.8) is 0 Å². The third-order valence-corrected chi connectivity index (χ3v) is 3.56. The number of carboxylic acids is 1. The molecule has 0 saturated carbocycles. The molecule has 106 valence electrons. The van der Waals surface area contributed by atoms with Crippen molar-refractivity contribution in [1.29, 1.82) is 0 Å². The lowest BCUT2D eigenvalue weighted by atomic mass is 10.2. The second-order valence-corrected chi connectivity index (χ2v) is 4.98. The van der Waals surface area contributed by atoms with E-state index in [1.807, 2.05) is 12.1 Å². The Bertz CT molecular complexity index is 844. The van der Waals surface area contributed by atoms with Crippen LogP contribution in [0.2, 0.25) is 5.02 Å². The van der Waals surface area contributed by atoms with E-state index >= 15 is 0 Å². The number of halogens is 1. The average molecular weight is 303 g/mol. The first-order valence-electron chi connectivity index (χ1n) is 6.24. The van der Waals surface area contributed by atoms with Crippen LogP contribution >= 0.6 is 11.6 Å². The molecule has 21 heavy (non-hydrogen) atoms. The molecule has 1 aromatic carbocycles. The topological polar surface area (TPSA) is 80.9 Å². The van der Waals surface area contributed by atoms with Gasteiger partial charge in [0.25, 0.3) is 0 Å². The van der Waals surface area contributed by atoms with Gasteiger partial charge < -0.3 is 5.11 Å². The minimum absolute atomic E-state index is 0.162. The van der Waals surface area contributed by atoms with Crippen LogP contribution in [0.4, 0.5) is 0 Å². The van der Waals surface area contributed by atoms with E-state index in [0.717, 1.165) is 11.1 Å². The molecule has 0 saturated heterocycles. The van der Waals surface area contributed by atoms with E-state index in [9.17, 15) is 4.79 Å². The summed E-state index contributed by atoms with van der Waals surface area (Å²) in [5, 5.41) is 18.3. The third kappa shape index (κ3) is 2.34. The van der Waals surface area contributed by atoms with Crippen molar-refractivity contribution in [2.24, 2.45) is 0 Å². The quantitative estimate of drug-likeness (QED) is 0.803. The molecule has 0 bridgehead atoms. The Morgan fingerprint density at radius 1 is 1.38 bits per heavy atom. The molecule has 2 aromatic heterocycles. The zero-order valence-electron chi connectivity index (χ0n) is 11.1. The van der Waals surface area contributed by atoms with E-state index in [0.29, 0.717) is 21.9 Å². The Kier molecular flexibility index (Phi) is 3.31. The molecule has 0 aliphatic heterocycles. The molecular formula is C14H11ClN4O2. The fourth-order valence-electron chi connectivity index (χ4n) is 2.19. The van der Waals surface area contributed by atoms with Crippen molar-refractivity contribution in [2.75, 3.05) is 0 Å². The summed E-state index contributed by atoms with van der Waals surface area (Å²) in [5.41, 5.74) is 2.52. The van der Waals surface area contributed by atoms with Crippen LogP contribution in [-0.4, -0.2) is 31.1 Å². The lowest BCUT2D eigenvalue weighted by molar-refractivity contribution is -0.136. The Morgan fingerprint density at radius 2 is 2.19 bits per heavy atom. The molecule has 0 fully saturated rings. The summed E-state index contributed by atoms with van der Waals surface area (Å²) in [5.74, 6) is -0.941. The molecule has 2 heterocycles. The van der Waals surface area contributed by atoms with Crippen LogP contribution in [0.1, 0.15) is 11.4 Å². The average Bonchev–Trinajstić information content (AvgIpc) is 2.81. The Hall–Kier alpha value is -2.47. The maximum absolute atomic E-state index is 10.8. The first kappa shape index (κ1) is 13.5. The minimum Gasteiger partial charge on any atom is -0.481 e. The lowest BCUT2D eigenvalue weighted by Gasteiger charge is -2.08. The van der Waals surface area contributed by atoms with Crippen LogP contribution in [0.25, 0.3) is 16.6 Å². The largest absolute Gasteiger partial charge is 0.481 e. The van der Waals surface area contributed by atoms with E-state index in [-0.39, 0.29) is 6.42 Å². The van der Waals surface area contributed by atoms with Gasteiger partial charge in [0.05, 0.1) is 34.0 Å². The smallest absolute Gasteiger partial charge is 0.309 e. The van der Waals surface area contributed by atoms with Crippen molar-refractivity contribution in [3.05, 3.63) is 46.9 Å². The van der Waals surface area contributed by atoms with Crippen LogP contribution in [0.15, 0.2) is 30.5 Å². The number of aliphatic carboxylic acids is 1. The first-order chi connectivity index (χ1) is 10.1. The number of benzene rings is 1. The van der Waals surface area contributed by atoms with Gasteiger partial charge in [-0.3, -0.25) is 9.78 Å². The van der Waals surface area contributed by atoms with Crippen molar-refractivity contribution < 1.29 is 9.90 Å². The SMILES string of the molecule is Cc1c(CC(=O)O)nnn1-c1ccc(Cl)c2cccnc12. The summed E-state index contributed by atoms with van der Waals surface area (Å²) in [6, 6.07) is 7.24. The van der Waals surface area contributed by atoms with Gasteiger partial charge in [0.2, 0.25) is 0 Å². The summed E-state index contributed by atoms with van der Waals surface area (Å²) in [6.45, 7) is 1.78. The van der Waals surface area contributed by atoms with Gasteiger partial charge in [-0.05, 0) is 31.2 Å². The van der Waals surface area contributed by atoms with E-state index in [4.69, 9.17) is 16.7 Å². The first-order valence-corrected chi connectivity index (χ1v) is 6.62. The highest BCUT2D eigenvalue weighted by Gasteiger charge is 2.15. The standard InChI is InChI=1S/C14H11ClN4O2/c1-8-11(7-13(20)21)17-18-19(8)12-5-4-10(15)9-3-2-6-16-14(9)12/h2-6H,7H2,1H3,(H,20,21). The third-order valence-electron chi connectivity index (χ3n) is 3.23. The number of rotatable bonds is 3. The molecular weight excluding hydrogens is 292 g/mol. The van der Waals surface area contributed by atoms with E-state index in [1.165, 1.54) is 0 Å². The fraction of sp³-hybridized carbons (Fsp3) is 0.143. The van der Waals surface area contributed by atoms with Gasteiger partial charge in [-0.25, -0.2) is 4.68 Å². The molecule has 6 nitrogen and oxygen atoms in total. The Morgan fingerprint density at radius 3 is 2.95 bits per heavy atom. The van der Waals surface area contributed by atoms with E-state index in [1.54, 1.807) is 29.9 Å². The van der Waals surface area contributed by atoms with Gasteiger partial charge in [-0.2, -0.15) is 0 Å². The van der Waals surface area contributed by atoms with Crippen LogP contribution in [-0.2, 0) is 11.2 Å². The highest BCUT2D eigenvalue weighted by molar-refractivity contribution is 6.35. The predicted molar refractivity (Wildman–Crippen MR) is 77.7 cm³/mol. The number of hydrogen-bond donors (Lipinski definition) is 1. The van der Waals surface area contributed by atoms with Crippen molar-refractivity contribution >= 4 is 28.5 Å². The Labute approximate surface area is 125 Å². The van der Waals surface area contributed by atoms with Crippen molar-refractivity contribution in [2.45, 2.75) is 13.3 Å². The highest BCUT2D eigenvalue weighted by atomic mass is 35.5. The molecule has 0 amide bonds. The Balaban J connectivity index is 2.20. The lowest BCUT2D eigenvalue weighted by Crippen LogP contribution is -2.04. The number of carboxylic acid groups (broad SMARTS) is 1. The van der Waals surface area contributed by atoms with Gasteiger partial charge in [0, 0.05) is 11.6 Å². The molecule has 0 aliphatic carbocycles. The van der Waals surface area contributed by atoms with E-state index < -0.39 is 5.97 Å². The number of carbonyl (C=O) groups is 1.